The van der Waals surface area contributed by atoms with E-state index in [4.69, 9.17) is 9.47 Å². The number of amides is 2. The number of hydrogen-bond acceptors (Lipinski definition) is 6. The van der Waals surface area contributed by atoms with E-state index < -0.39 is 34.1 Å². The number of methoxy groups -OCH3 is 2. The monoisotopic (exact) mass is 505 g/mol. The number of benzene rings is 2. The molecule has 192 valence electrons. The van der Waals surface area contributed by atoms with Crippen molar-refractivity contribution in [3.63, 3.8) is 0 Å². The lowest BCUT2D eigenvalue weighted by Gasteiger charge is -2.33. The summed E-state index contributed by atoms with van der Waals surface area (Å²) < 4.78 is 36.8. The quantitative estimate of drug-likeness (QED) is 0.532. The van der Waals surface area contributed by atoms with Gasteiger partial charge in [-0.2, -0.15) is 0 Å². The molecule has 0 aliphatic heterocycles. The summed E-state index contributed by atoms with van der Waals surface area (Å²) in [5.41, 5.74) is 0.517. The second kappa shape index (κ2) is 11.4. The van der Waals surface area contributed by atoms with Crippen LogP contribution < -0.4 is 19.1 Å². The van der Waals surface area contributed by atoms with Gasteiger partial charge in [0, 0.05) is 18.2 Å². The highest BCUT2D eigenvalue weighted by atomic mass is 32.2. The molecule has 0 spiro atoms. The summed E-state index contributed by atoms with van der Waals surface area (Å²) in [7, 11) is -0.806. The minimum Gasteiger partial charge on any atom is -0.497 e. The Kier molecular flexibility index (Phi) is 9.14. The van der Waals surface area contributed by atoms with Crippen molar-refractivity contribution in [3.05, 3.63) is 54.1 Å². The predicted octanol–water partition coefficient (Wildman–Crippen LogP) is 2.80. The summed E-state index contributed by atoms with van der Waals surface area (Å²) in [6.07, 6.45) is 1.03. The first-order chi connectivity index (χ1) is 16.2. The Balaban J connectivity index is 2.43. The lowest BCUT2D eigenvalue weighted by Crippen LogP contribution is -2.54. The fourth-order valence-electron chi connectivity index (χ4n) is 3.40. The second-order valence-electron chi connectivity index (χ2n) is 9.26. The molecule has 0 aromatic heterocycles. The summed E-state index contributed by atoms with van der Waals surface area (Å²) in [6, 6.07) is 12.7. The molecule has 2 rings (SSSR count). The van der Waals surface area contributed by atoms with Crippen LogP contribution in [0.25, 0.3) is 0 Å². The molecule has 35 heavy (non-hydrogen) atoms. The van der Waals surface area contributed by atoms with E-state index in [9.17, 15) is 18.0 Å². The summed E-state index contributed by atoms with van der Waals surface area (Å²) >= 11 is 0. The van der Waals surface area contributed by atoms with Crippen molar-refractivity contribution >= 4 is 27.5 Å². The summed E-state index contributed by atoms with van der Waals surface area (Å²) in [4.78, 5) is 27.9. The smallest absolute Gasteiger partial charge is 0.244 e. The SMILES string of the molecule is COc1cccc(CN(C(=O)CN(c2cccc(OC)c2)S(C)(=O)=O)[C@H](C)C(=O)NC(C)(C)C)c1. The maximum absolute atomic E-state index is 13.6. The Bertz CT molecular complexity index is 1140. The summed E-state index contributed by atoms with van der Waals surface area (Å²) in [6.45, 7) is 6.77. The van der Waals surface area contributed by atoms with Gasteiger partial charge >= 0.3 is 0 Å². The number of sulfonamides is 1. The van der Waals surface area contributed by atoms with Gasteiger partial charge in [0.1, 0.15) is 24.1 Å². The van der Waals surface area contributed by atoms with E-state index in [-0.39, 0.29) is 18.1 Å². The van der Waals surface area contributed by atoms with Crippen molar-refractivity contribution < 1.29 is 27.5 Å². The van der Waals surface area contributed by atoms with Gasteiger partial charge in [0.05, 0.1) is 26.2 Å². The van der Waals surface area contributed by atoms with Gasteiger partial charge in [-0.1, -0.05) is 18.2 Å². The van der Waals surface area contributed by atoms with Gasteiger partial charge in [-0.15, -0.1) is 0 Å². The molecule has 1 N–H and O–H groups in total. The Morgan fingerprint density at radius 3 is 2.11 bits per heavy atom. The van der Waals surface area contributed by atoms with Gasteiger partial charge in [0.2, 0.25) is 21.8 Å². The lowest BCUT2D eigenvalue weighted by atomic mass is 10.1. The molecule has 0 radical (unpaired) electrons. The Morgan fingerprint density at radius 1 is 1.00 bits per heavy atom. The molecule has 1 atom stereocenters. The minimum absolute atomic E-state index is 0.0878. The van der Waals surface area contributed by atoms with Gasteiger partial charge in [0.15, 0.2) is 0 Å². The van der Waals surface area contributed by atoms with Crippen LogP contribution in [0.5, 0.6) is 11.5 Å². The van der Waals surface area contributed by atoms with E-state index >= 15 is 0 Å². The fraction of sp³-hybridized carbons (Fsp3) is 0.440. The lowest BCUT2D eigenvalue weighted by molar-refractivity contribution is -0.140. The molecule has 0 saturated carbocycles. The highest BCUT2D eigenvalue weighted by Crippen LogP contribution is 2.24. The zero-order valence-electron chi connectivity index (χ0n) is 21.4. The number of nitrogens with one attached hydrogen (secondary N) is 1. The average molecular weight is 506 g/mol. The Labute approximate surface area is 208 Å². The van der Waals surface area contributed by atoms with Crippen LogP contribution in [0.2, 0.25) is 0 Å². The maximum atomic E-state index is 13.6. The zero-order valence-corrected chi connectivity index (χ0v) is 22.2. The number of anilines is 1. The first-order valence-electron chi connectivity index (χ1n) is 11.1. The van der Waals surface area contributed by atoms with E-state index in [1.54, 1.807) is 50.4 Å². The van der Waals surface area contributed by atoms with Gasteiger partial charge in [0.25, 0.3) is 0 Å². The van der Waals surface area contributed by atoms with Crippen molar-refractivity contribution in [2.75, 3.05) is 31.3 Å². The van der Waals surface area contributed by atoms with E-state index in [0.29, 0.717) is 11.5 Å². The third kappa shape index (κ3) is 8.17. The van der Waals surface area contributed by atoms with Crippen molar-refractivity contribution in [3.8, 4) is 11.5 Å². The first-order valence-corrected chi connectivity index (χ1v) is 13.0. The van der Waals surface area contributed by atoms with Gasteiger partial charge in [-0.05, 0) is 57.5 Å². The van der Waals surface area contributed by atoms with Crippen LogP contribution >= 0.6 is 0 Å². The molecule has 0 unspecified atom stereocenters. The van der Waals surface area contributed by atoms with E-state index in [2.05, 4.69) is 5.32 Å². The van der Waals surface area contributed by atoms with Crippen molar-refractivity contribution in [1.29, 1.82) is 0 Å². The molecule has 0 aliphatic rings. The van der Waals surface area contributed by atoms with Crippen molar-refractivity contribution in [2.45, 2.75) is 45.8 Å². The fourth-order valence-corrected chi connectivity index (χ4v) is 4.24. The van der Waals surface area contributed by atoms with Crippen LogP contribution in [0.3, 0.4) is 0 Å². The molecular weight excluding hydrogens is 470 g/mol. The summed E-state index contributed by atoms with van der Waals surface area (Å²) in [5.74, 6) is 0.184. The Hall–Kier alpha value is -3.27. The first kappa shape index (κ1) is 28.0. The van der Waals surface area contributed by atoms with E-state index in [0.717, 1.165) is 16.1 Å². The van der Waals surface area contributed by atoms with Crippen molar-refractivity contribution in [1.82, 2.24) is 10.2 Å². The van der Waals surface area contributed by atoms with Crippen molar-refractivity contribution in [2.24, 2.45) is 0 Å². The molecule has 0 fully saturated rings. The third-order valence-electron chi connectivity index (χ3n) is 5.17. The standard InChI is InChI=1S/C25H35N3O6S/c1-18(24(30)26-25(2,3)4)27(16-19-10-8-12-21(14-19)33-5)23(29)17-28(35(7,31)32)20-11-9-13-22(15-20)34-6/h8-15,18H,16-17H2,1-7H3,(H,26,30)/t18-/m1/s1. The maximum Gasteiger partial charge on any atom is 0.244 e. The van der Waals surface area contributed by atoms with Crippen LogP contribution in [-0.2, 0) is 26.2 Å². The topological polar surface area (TPSA) is 105 Å². The van der Waals surface area contributed by atoms with Crippen LogP contribution in [0.15, 0.2) is 48.5 Å². The molecule has 10 heteroatoms. The average Bonchev–Trinajstić information content (AvgIpc) is 2.78. The summed E-state index contributed by atoms with van der Waals surface area (Å²) in [5, 5.41) is 2.89. The van der Waals surface area contributed by atoms with Crippen LogP contribution in [0.4, 0.5) is 5.69 Å². The molecule has 2 aromatic rings. The molecular formula is C25H35N3O6S. The minimum atomic E-state index is -3.82. The largest absolute Gasteiger partial charge is 0.497 e. The number of hydrogen-bond donors (Lipinski definition) is 1. The number of rotatable bonds is 10. The second-order valence-corrected chi connectivity index (χ2v) is 11.2. The number of carbonyl (C=O) groups is 2. The highest BCUT2D eigenvalue weighted by Gasteiger charge is 2.31. The molecule has 0 aliphatic carbocycles. The zero-order chi connectivity index (χ0) is 26.4. The van der Waals surface area contributed by atoms with E-state index in [1.807, 2.05) is 26.8 Å². The number of ether oxygens (including phenoxy) is 2. The number of nitrogens with zero attached hydrogens (tertiary/aromatic N) is 2. The molecule has 2 amide bonds. The third-order valence-corrected chi connectivity index (χ3v) is 6.31. The highest BCUT2D eigenvalue weighted by molar-refractivity contribution is 7.92. The molecule has 0 bridgehead atoms. The van der Waals surface area contributed by atoms with Gasteiger partial charge in [-0.3, -0.25) is 13.9 Å². The molecule has 0 saturated heterocycles. The van der Waals surface area contributed by atoms with Gasteiger partial charge < -0.3 is 19.7 Å². The van der Waals surface area contributed by atoms with Gasteiger partial charge in [-0.25, -0.2) is 8.42 Å². The van der Waals surface area contributed by atoms with E-state index in [1.165, 1.54) is 18.1 Å². The molecule has 0 heterocycles. The molecule has 2 aromatic carbocycles. The number of carbonyl (C=O) groups excluding carboxylic acids is 2. The van der Waals surface area contributed by atoms with Crippen LogP contribution in [0, 0.1) is 0 Å². The Morgan fingerprint density at radius 2 is 1.57 bits per heavy atom. The molecule has 9 nitrogen and oxygen atoms in total. The van der Waals surface area contributed by atoms with Crippen LogP contribution in [0.1, 0.15) is 33.3 Å². The van der Waals surface area contributed by atoms with Crippen LogP contribution in [-0.4, -0.2) is 63.7 Å². The predicted molar refractivity (Wildman–Crippen MR) is 136 cm³/mol. The normalized spacial score (nSPS) is 12.4.